The highest BCUT2D eigenvalue weighted by atomic mass is 35.5. The number of anilines is 2. The van der Waals surface area contributed by atoms with Gasteiger partial charge in [-0.25, -0.2) is 4.39 Å². The van der Waals surface area contributed by atoms with Crippen LogP contribution >= 0.6 is 12.4 Å². The number of hydrogen-bond acceptors (Lipinski definition) is 4. The highest BCUT2D eigenvalue weighted by molar-refractivity contribution is 5.96. The molecule has 6 nitrogen and oxygen atoms in total. The monoisotopic (exact) mass is 385 g/mol. The van der Waals surface area contributed by atoms with Gasteiger partial charge in [-0.3, -0.25) is 9.59 Å². The largest absolute Gasteiger partial charge is 0.366 e. The first-order valence-corrected chi connectivity index (χ1v) is 8.87. The van der Waals surface area contributed by atoms with Crippen molar-refractivity contribution in [3.05, 3.63) is 24.0 Å². The number of rotatable bonds is 4. The fourth-order valence-corrected chi connectivity index (χ4v) is 3.25. The van der Waals surface area contributed by atoms with Gasteiger partial charge >= 0.3 is 0 Å². The number of benzene rings is 1. The van der Waals surface area contributed by atoms with E-state index in [0.29, 0.717) is 18.8 Å². The molecule has 1 saturated heterocycles. The summed E-state index contributed by atoms with van der Waals surface area (Å²) in [6, 6.07) is 4.16. The number of ether oxygens (including phenoxy) is 1. The smallest absolute Gasteiger partial charge is 0.254 e. The predicted molar refractivity (Wildman–Crippen MR) is 100 cm³/mol. The van der Waals surface area contributed by atoms with E-state index < -0.39 is 11.9 Å². The molecule has 2 aliphatic rings. The SMILES string of the molecule is Cl.O=C(Nc1cc(NC(=O)C2CNCCO2)ccc1F)C1CCCCC1. The lowest BCUT2D eigenvalue weighted by Crippen LogP contribution is -2.45. The number of nitrogens with one attached hydrogen (secondary N) is 3. The first kappa shape index (κ1) is 20.6. The molecule has 3 N–H and O–H groups in total. The molecule has 0 radical (unpaired) electrons. The van der Waals surface area contributed by atoms with Gasteiger partial charge in [-0.1, -0.05) is 19.3 Å². The molecule has 1 unspecified atom stereocenters. The van der Waals surface area contributed by atoms with Crippen LogP contribution in [0.15, 0.2) is 18.2 Å². The Balaban J connectivity index is 0.00000243. The second kappa shape index (κ2) is 9.85. The minimum Gasteiger partial charge on any atom is -0.366 e. The van der Waals surface area contributed by atoms with Crippen molar-refractivity contribution in [3.63, 3.8) is 0 Å². The van der Waals surface area contributed by atoms with Crippen LogP contribution in [0.3, 0.4) is 0 Å². The fourth-order valence-electron chi connectivity index (χ4n) is 3.25. The van der Waals surface area contributed by atoms with Crippen LogP contribution in [0.2, 0.25) is 0 Å². The van der Waals surface area contributed by atoms with E-state index in [9.17, 15) is 14.0 Å². The zero-order chi connectivity index (χ0) is 17.6. The Morgan fingerprint density at radius 2 is 1.88 bits per heavy atom. The van der Waals surface area contributed by atoms with E-state index >= 15 is 0 Å². The van der Waals surface area contributed by atoms with Gasteiger partial charge in [-0.15, -0.1) is 12.4 Å². The van der Waals surface area contributed by atoms with Crippen LogP contribution in [0.4, 0.5) is 15.8 Å². The first-order valence-electron chi connectivity index (χ1n) is 8.87. The molecule has 1 heterocycles. The first-order chi connectivity index (χ1) is 12.1. The van der Waals surface area contributed by atoms with Crippen molar-refractivity contribution in [2.24, 2.45) is 5.92 Å². The van der Waals surface area contributed by atoms with Crippen LogP contribution in [0.1, 0.15) is 32.1 Å². The molecule has 0 aromatic heterocycles. The Bertz CT molecular complexity index is 632. The Labute approximate surface area is 158 Å². The molecule has 26 heavy (non-hydrogen) atoms. The summed E-state index contributed by atoms with van der Waals surface area (Å²) in [6.07, 6.45) is 4.33. The third-order valence-electron chi connectivity index (χ3n) is 4.69. The van der Waals surface area contributed by atoms with E-state index in [2.05, 4.69) is 16.0 Å². The number of morpholine rings is 1. The van der Waals surface area contributed by atoms with Crippen molar-refractivity contribution >= 4 is 35.6 Å². The van der Waals surface area contributed by atoms with Gasteiger partial charge in [0.2, 0.25) is 5.91 Å². The van der Waals surface area contributed by atoms with Crippen molar-refractivity contribution < 1.29 is 18.7 Å². The minimum absolute atomic E-state index is 0. The zero-order valence-electron chi connectivity index (χ0n) is 14.6. The lowest BCUT2D eigenvalue weighted by molar-refractivity contribution is -0.128. The van der Waals surface area contributed by atoms with Crippen LogP contribution in [-0.2, 0) is 14.3 Å². The number of carbonyl (C=O) groups is 2. The topological polar surface area (TPSA) is 79.5 Å². The third kappa shape index (κ3) is 5.40. The summed E-state index contributed by atoms with van der Waals surface area (Å²) in [5.41, 5.74) is 0.524. The summed E-state index contributed by atoms with van der Waals surface area (Å²) >= 11 is 0. The minimum atomic E-state index is -0.570. The molecular weight excluding hydrogens is 361 g/mol. The van der Waals surface area contributed by atoms with Crippen LogP contribution in [-0.4, -0.2) is 37.6 Å². The van der Waals surface area contributed by atoms with Crippen molar-refractivity contribution in [3.8, 4) is 0 Å². The van der Waals surface area contributed by atoms with Gasteiger partial charge in [0.25, 0.3) is 5.91 Å². The molecule has 0 spiro atoms. The summed E-state index contributed by atoms with van der Waals surface area (Å²) in [5.74, 6) is -1.02. The van der Waals surface area contributed by atoms with Crippen molar-refractivity contribution in [2.75, 3.05) is 30.3 Å². The van der Waals surface area contributed by atoms with Gasteiger partial charge in [-0.2, -0.15) is 0 Å². The molecule has 3 rings (SSSR count). The lowest BCUT2D eigenvalue weighted by Gasteiger charge is -2.23. The van der Waals surface area contributed by atoms with Crippen LogP contribution in [0, 0.1) is 11.7 Å². The predicted octanol–water partition coefficient (Wildman–Crippen LogP) is 2.69. The molecule has 1 aromatic carbocycles. The molecule has 144 valence electrons. The van der Waals surface area contributed by atoms with E-state index in [1.807, 2.05) is 0 Å². The normalized spacial score (nSPS) is 20.7. The van der Waals surface area contributed by atoms with Crippen molar-refractivity contribution in [2.45, 2.75) is 38.2 Å². The molecule has 1 atom stereocenters. The van der Waals surface area contributed by atoms with Gasteiger partial charge in [0.15, 0.2) is 0 Å². The molecule has 8 heteroatoms. The molecular formula is C18H25ClFN3O3. The van der Waals surface area contributed by atoms with E-state index in [1.165, 1.54) is 18.2 Å². The molecule has 2 fully saturated rings. The highest BCUT2D eigenvalue weighted by Gasteiger charge is 2.23. The molecule has 0 bridgehead atoms. The number of carbonyl (C=O) groups excluding carboxylic acids is 2. The summed E-state index contributed by atoms with van der Waals surface area (Å²) < 4.78 is 19.4. The third-order valence-corrected chi connectivity index (χ3v) is 4.69. The summed E-state index contributed by atoms with van der Waals surface area (Å²) in [5, 5.41) is 8.46. The van der Waals surface area contributed by atoms with E-state index in [4.69, 9.17) is 4.74 Å². The maximum Gasteiger partial charge on any atom is 0.254 e. The Kier molecular flexibility index (Phi) is 7.81. The Morgan fingerprint density at radius 1 is 1.12 bits per heavy atom. The number of amides is 2. The molecule has 2 amide bonds. The Hall–Kier alpha value is -1.70. The average molecular weight is 386 g/mol. The quantitative estimate of drug-likeness (QED) is 0.744. The highest BCUT2D eigenvalue weighted by Crippen LogP contribution is 2.26. The number of hydrogen-bond donors (Lipinski definition) is 3. The standard InChI is InChI=1S/C18H24FN3O3.ClH/c19-14-7-6-13(21-18(24)16-11-20-8-9-25-16)10-15(14)22-17(23)12-4-2-1-3-5-12;/h6-7,10,12,16,20H,1-5,8-9,11H2,(H,21,24)(H,22,23);1H. The van der Waals surface area contributed by atoms with Gasteiger partial charge in [-0.05, 0) is 31.0 Å². The van der Waals surface area contributed by atoms with Crippen LogP contribution in [0.5, 0.6) is 0 Å². The maximum absolute atomic E-state index is 14.0. The van der Waals surface area contributed by atoms with Gasteiger partial charge in [0.05, 0.1) is 12.3 Å². The van der Waals surface area contributed by atoms with Crippen LogP contribution < -0.4 is 16.0 Å². The second-order valence-corrected chi connectivity index (χ2v) is 6.57. The average Bonchev–Trinajstić information content (AvgIpc) is 2.66. The van der Waals surface area contributed by atoms with E-state index in [0.717, 1.165) is 38.6 Å². The number of halogens is 2. The Morgan fingerprint density at radius 3 is 2.58 bits per heavy atom. The van der Waals surface area contributed by atoms with Gasteiger partial charge in [0, 0.05) is 24.7 Å². The molecule has 1 aliphatic heterocycles. The van der Waals surface area contributed by atoms with E-state index in [1.54, 1.807) is 0 Å². The van der Waals surface area contributed by atoms with Crippen molar-refractivity contribution in [1.82, 2.24) is 5.32 Å². The summed E-state index contributed by atoms with van der Waals surface area (Å²) in [7, 11) is 0. The molecule has 1 aromatic rings. The lowest BCUT2D eigenvalue weighted by atomic mass is 9.88. The van der Waals surface area contributed by atoms with Gasteiger partial charge in [0.1, 0.15) is 11.9 Å². The zero-order valence-corrected chi connectivity index (χ0v) is 15.4. The van der Waals surface area contributed by atoms with E-state index in [-0.39, 0.29) is 35.8 Å². The maximum atomic E-state index is 14.0. The van der Waals surface area contributed by atoms with Crippen molar-refractivity contribution in [1.29, 1.82) is 0 Å². The molecule has 1 aliphatic carbocycles. The fraction of sp³-hybridized carbons (Fsp3) is 0.556. The second-order valence-electron chi connectivity index (χ2n) is 6.57. The molecule has 1 saturated carbocycles. The van der Waals surface area contributed by atoms with Crippen LogP contribution in [0.25, 0.3) is 0 Å². The summed E-state index contributed by atoms with van der Waals surface area (Å²) in [4.78, 5) is 24.5. The summed E-state index contributed by atoms with van der Waals surface area (Å²) in [6.45, 7) is 1.64. The van der Waals surface area contributed by atoms with Gasteiger partial charge < -0.3 is 20.7 Å².